The first-order valence-corrected chi connectivity index (χ1v) is 14.4. The minimum atomic E-state index is -2.31. The second-order valence-corrected chi connectivity index (χ2v) is 11.6. The van der Waals surface area contributed by atoms with Crippen molar-refractivity contribution in [2.24, 2.45) is 18.9 Å². The Kier molecular flexibility index (Phi) is 6.46. The van der Waals surface area contributed by atoms with Crippen LogP contribution in [0.25, 0.3) is 22.3 Å². The van der Waals surface area contributed by atoms with Gasteiger partial charge in [0.1, 0.15) is 0 Å². The van der Waals surface area contributed by atoms with Crippen LogP contribution in [0.5, 0.6) is 5.88 Å². The summed E-state index contributed by atoms with van der Waals surface area (Å²) < 4.78 is 34.7. The van der Waals surface area contributed by atoms with Crippen LogP contribution in [0.1, 0.15) is 45.8 Å². The van der Waals surface area contributed by atoms with Crippen molar-refractivity contribution in [3.8, 4) is 17.1 Å². The molecule has 216 valence electrons. The molecule has 41 heavy (non-hydrogen) atoms. The van der Waals surface area contributed by atoms with E-state index in [1.807, 2.05) is 45.1 Å². The normalized spacial score (nSPS) is 19.2. The zero-order valence-electron chi connectivity index (χ0n) is 27.2. The Labute approximate surface area is 245 Å². The number of rotatable bonds is 5. The fourth-order valence-electron chi connectivity index (χ4n) is 5.67. The van der Waals surface area contributed by atoms with Crippen molar-refractivity contribution >= 4 is 28.6 Å². The summed E-state index contributed by atoms with van der Waals surface area (Å²) in [6.07, 6.45) is 5.87. The number of nitrogens with zero attached hydrogens (tertiary/aromatic N) is 7. The highest BCUT2D eigenvalue weighted by Gasteiger charge is 2.32. The first-order chi connectivity index (χ1) is 21.0. The van der Waals surface area contributed by atoms with Crippen molar-refractivity contribution in [2.75, 3.05) is 51.0 Å². The van der Waals surface area contributed by atoms with Crippen molar-refractivity contribution < 1.29 is 13.6 Å². The van der Waals surface area contributed by atoms with Crippen molar-refractivity contribution in [2.45, 2.75) is 39.2 Å². The number of fused-ring (bicyclic) bond motifs is 7. The van der Waals surface area contributed by atoms with Crippen LogP contribution in [-0.2, 0) is 13.6 Å². The SMILES string of the molecule is [2H]C([2H])([2H])N(CCN(C)C)c1ccc2nc3n(c2c1)CC(C1CC1)CCCOc1c(cnn1C)-c1cc(cc(C)n1)C(=O)N3. The van der Waals surface area contributed by atoms with Gasteiger partial charge in [0.25, 0.3) is 5.91 Å². The minimum Gasteiger partial charge on any atom is -0.477 e. The lowest BCUT2D eigenvalue weighted by molar-refractivity contribution is 0.102. The van der Waals surface area contributed by atoms with Crippen LogP contribution in [0, 0.1) is 18.8 Å². The van der Waals surface area contributed by atoms with Gasteiger partial charge in [-0.15, -0.1) is 0 Å². The third-order valence-corrected chi connectivity index (χ3v) is 8.08. The quantitative estimate of drug-likeness (QED) is 0.382. The van der Waals surface area contributed by atoms with Gasteiger partial charge in [-0.2, -0.15) is 5.10 Å². The molecular formula is C31H40N8O2. The van der Waals surface area contributed by atoms with Crippen LogP contribution in [0.15, 0.2) is 36.5 Å². The number of imidazole rings is 1. The minimum absolute atomic E-state index is 0.298. The summed E-state index contributed by atoms with van der Waals surface area (Å²) in [7, 11) is 5.70. The van der Waals surface area contributed by atoms with E-state index in [1.54, 1.807) is 29.1 Å². The van der Waals surface area contributed by atoms with E-state index in [4.69, 9.17) is 13.8 Å². The molecule has 0 radical (unpaired) electrons. The lowest BCUT2D eigenvalue weighted by atomic mass is 9.97. The molecule has 1 aliphatic carbocycles. The van der Waals surface area contributed by atoms with E-state index in [0.717, 1.165) is 23.9 Å². The molecule has 1 aromatic carbocycles. The number of hydrogen-bond donors (Lipinski definition) is 1. The van der Waals surface area contributed by atoms with Gasteiger partial charge >= 0.3 is 0 Å². The maximum absolute atomic E-state index is 13.8. The van der Waals surface area contributed by atoms with Crippen LogP contribution >= 0.6 is 0 Å². The van der Waals surface area contributed by atoms with Gasteiger partial charge in [-0.25, -0.2) is 9.67 Å². The maximum Gasteiger partial charge on any atom is 0.258 e. The summed E-state index contributed by atoms with van der Waals surface area (Å²) in [5, 5.41) is 7.49. The summed E-state index contributed by atoms with van der Waals surface area (Å²) in [4.78, 5) is 26.7. The van der Waals surface area contributed by atoms with Crippen molar-refractivity contribution in [1.29, 1.82) is 0 Å². The van der Waals surface area contributed by atoms with Gasteiger partial charge in [0.15, 0.2) is 0 Å². The summed E-state index contributed by atoms with van der Waals surface area (Å²) >= 11 is 0. The summed E-state index contributed by atoms with van der Waals surface area (Å²) in [5.41, 5.74) is 4.60. The second kappa shape index (κ2) is 11.2. The number of aromatic nitrogens is 5. The first kappa shape index (κ1) is 23.8. The zero-order valence-corrected chi connectivity index (χ0v) is 24.2. The number of anilines is 2. The molecule has 1 saturated carbocycles. The first-order valence-electron chi connectivity index (χ1n) is 15.9. The molecule has 1 unspecified atom stereocenters. The third kappa shape index (κ3) is 5.79. The molecule has 1 fully saturated rings. The van der Waals surface area contributed by atoms with E-state index in [-0.39, 0.29) is 5.91 Å². The predicted molar refractivity (Wildman–Crippen MR) is 162 cm³/mol. The molecule has 6 rings (SSSR count). The molecule has 10 heteroatoms. The molecule has 10 nitrogen and oxygen atoms in total. The number of carbonyl (C=O) groups is 1. The summed E-state index contributed by atoms with van der Waals surface area (Å²) in [6, 6.07) is 9.06. The predicted octanol–water partition coefficient (Wildman–Crippen LogP) is 4.59. The highest BCUT2D eigenvalue weighted by Crippen LogP contribution is 2.41. The number of hydrogen-bond acceptors (Lipinski definition) is 7. The van der Waals surface area contributed by atoms with Crippen LogP contribution in [0.3, 0.4) is 0 Å². The van der Waals surface area contributed by atoms with Crippen LogP contribution in [0.4, 0.5) is 11.6 Å². The van der Waals surface area contributed by atoms with Gasteiger partial charge in [-0.3, -0.25) is 15.1 Å². The Bertz CT molecular complexity index is 1670. The molecule has 1 amide bonds. The molecule has 3 aromatic heterocycles. The number of ether oxygens (including phenoxy) is 1. The Morgan fingerprint density at radius 1 is 1.12 bits per heavy atom. The molecule has 1 N–H and O–H groups in total. The Morgan fingerprint density at radius 3 is 2.76 bits per heavy atom. The van der Waals surface area contributed by atoms with Gasteiger partial charge in [0.2, 0.25) is 11.8 Å². The number of nitrogens with one attached hydrogen (secondary N) is 1. The zero-order chi connectivity index (χ0) is 31.2. The van der Waals surface area contributed by atoms with Crippen molar-refractivity contribution in [3.05, 3.63) is 47.8 Å². The number of likely N-dealkylation sites (N-methyl/N-ethyl adjacent to an activating group) is 2. The monoisotopic (exact) mass is 559 g/mol. The van der Waals surface area contributed by atoms with E-state index >= 15 is 0 Å². The third-order valence-electron chi connectivity index (χ3n) is 8.08. The highest BCUT2D eigenvalue weighted by atomic mass is 16.5. The Hall–Kier alpha value is -3.92. The lowest BCUT2D eigenvalue weighted by Gasteiger charge is -2.22. The van der Waals surface area contributed by atoms with Gasteiger partial charge in [0.05, 0.1) is 35.1 Å². The maximum atomic E-state index is 13.8. The topological polar surface area (TPSA) is 93.3 Å². The average molecular weight is 560 g/mol. The van der Waals surface area contributed by atoms with E-state index < -0.39 is 6.98 Å². The van der Waals surface area contributed by atoms with Gasteiger partial charge in [0, 0.05) is 54.7 Å². The number of amides is 1. The molecule has 4 aromatic rings. The standard InChI is InChI=1S/C31H40N8O2/c1-20-15-23-16-27(33-20)25-18-32-38(5)30(25)41-14-6-7-22(21-8-9-21)19-39-28-17-24(37(4)13-12-36(2)3)10-11-26(28)34-31(39)35-29(23)40/h10-11,15-18,21-22H,6-9,12-14,19H2,1-5H3,(H,34,35,40)/i4D3. The second-order valence-electron chi connectivity index (χ2n) is 11.6. The molecule has 2 bridgehead atoms. The van der Waals surface area contributed by atoms with Gasteiger partial charge < -0.3 is 19.1 Å². The molecular weight excluding hydrogens is 516 g/mol. The van der Waals surface area contributed by atoms with Crippen LogP contribution < -0.4 is 15.0 Å². The average Bonchev–Trinajstić information content (AvgIpc) is 3.66. The fourth-order valence-corrected chi connectivity index (χ4v) is 5.67. The summed E-state index contributed by atoms with van der Waals surface area (Å²) in [6.45, 7) is 1.68. The Morgan fingerprint density at radius 2 is 1.98 bits per heavy atom. The van der Waals surface area contributed by atoms with Crippen molar-refractivity contribution in [1.82, 2.24) is 29.2 Å². The van der Waals surface area contributed by atoms with Gasteiger partial charge in [-0.05, 0) is 88.9 Å². The number of aryl methyl sites for hydroxylation is 2. The van der Waals surface area contributed by atoms with Crippen LogP contribution in [0.2, 0.25) is 0 Å². The molecule has 1 atom stereocenters. The van der Waals surface area contributed by atoms with Crippen LogP contribution in [-0.4, -0.2) is 75.9 Å². The molecule has 0 spiro atoms. The van der Waals surface area contributed by atoms with E-state index in [1.165, 1.54) is 17.7 Å². The lowest BCUT2D eigenvalue weighted by Crippen LogP contribution is -2.28. The van der Waals surface area contributed by atoms with Crippen molar-refractivity contribution in [3.63, 3.8) is 0 Å². The molecule has 0 saturated heterocycles. The number of pyridine rings is 1. The summed E-state index contributed by atoms with van der Waals surface area (Å²) in [5.74, 6) is 1.72. The molecule has 2 aliphatic rings. The fraction of sp³-hybridized carbons (Fsp3) is 0.484. The highest BCUT2D eigenvalue weighted by molar-refractivity contribution is 6.05. The van der Waals surface area contributed by atoms with E-state index in [0.29, 0.717) is 78.1 Å². The Balaban J connectivity index is 1.44. The van der Waals surface area contributed by atoms with Gasteiger partial charge in [-0.1, -0.05) is 0 Å². The number of benzene rings is 1. The van der Waals surface area contributed by atoms with E-state index in [2.05, 4.69) is 20.0 Å². The molecule has 4 heterocycles. The largest absolute Gasteiger partial charge is 0.477 e. The van der Waals surface area contributed by atoms with E-state index in [9.17, 15) is 4.79 Å². The smallest absolute Gasteiger partial charge is 0.258 e. The number of carbonyl (C=O) groups excluding carboxylic acids is 1. The molecule has 1 aliphatic heterocycles.